The van der Waals surface area contributed by atoms with E-state index in [1.165, 1.54) is 0 Å². The van der Waals surface area contributed by atoms with Crippen molar-refractivity contribution in [1.82, 2.24) is 10.2 Å². The minimum absolute atomic E-state index is 0.309. The Hall–Kier alpha value is -2.23. The number of aliphatic carboxylic acids is 1. The number of urea groups is 1. The molecule has 0 aromatic rings. The average molecular weight is 241 g/mol. The molecule has 0 aromatic carbocycles. The minimum atomic E-state index is -1.23. The summed E-state index contributed by atoms with van der Waals surface area (Å²) in [5.41, 5.74) is 4.91. The number of rotatable bonds is 6. The van der Waals surface area contributed by atoms with Crippen LogP contribution in [0, 0.1) is 12.3 Å². The molecule has 3 amide bonds. The number of hydrogen-bond donors (Lipinski definition) is 3. The molecular weight excluding hydrogens is 226 g/mol. The van der Waals surface area contributed by atoms with Gasteiger partial charge in [0.25, 0.3) is 0 Å². The lowest BCUT2D eigenvalue weighted by Crippen LogP contribution is -2.48. The molecule has 0 aliphatic heterocycles. The maximum atomic E-state index is 11.6. The molecule has 0 radical (unpaired) electrons. The molecule has 17 heavy (non-hydrogen) atoms. The van der Waals surface area contributed by atoms with Gasteiger partial charge in [0, 0.05) is 12.5 Å². The molecule has 0 saturated heterocycles. The van der Waals surface area contributed by atoms with Crippen LogP contribution >= 0.6 is 0 Å². The van der Waals surface area contributed by atoms with E-state index in [2.05, 4.69) is 11.2 Å². The van der Waals surface area contributed by atoms with Gasteiger partial charge in [-0.25, -0.2) is 4.79 Å². The van der Waals surface area contributed by atoms with Crippen LogP contribution in [0.2, 0.25) is 0 Å². The number of hydrogen-bond acceptors (Lipinski definition) is 3. The maximum absolute atomic E-state index is 11.6. The normalized spacial score (nSPS) is 11.1. The van der Waals surface area contributed by atoms with Gasteiger partial charge in [-0.3, -0.25) is 9.59 Å². The van der Waals surface area contributed by atoms with E-state index in [0.717, 1.165) is 4.90 Å². The van der Waals surface area contributed by atoms with Gasteiger partial charge in [0.1, 0.15) is 13.1 Å². The molecule has 1 atom stereocenters. The zero-order chi connectivity index (χ0) is 13.4. The van der Waals surface area contributed by atoms with Crippen molar-refractivity contribution in [2.75, 3.05) is 13.1 Å². The lowest BCUT2D eigenvalue weighted by Gasteiger charge is -2.21. The van der Waals surface area contributed by atoms with Crippen LogP contribution in [0.25, 0.3) is 0 Å². The van der Waals surface area contributed by atoms with E-state index < -0.39 is 31.0 Å². The Kier molecular flexibility index (Phi) is 6.18. The zero-order valence-electron chi connectivity index (χ0n) is 9.47. The van der Waals surface area contributed by atoms with Crippen molar-refractivity contribution in [2.45, 2.75) is 19.4 Å². The number of terminal acetylenes is 1. The van der Waals surface area contributed by atoms with Crippen LogP contribution < -0.4 is 11.1 Å². The molecule has 0 rings (SSSR count). The number of amides is 3. The Labute approximate surface area is 99.0 Å². The Bertz CT molecular complexity index is 332. The van der Waals surface area contributed by atoms with Gasteiger partial charge in [0.2, 0.25) is 5.91 Å². The van der Waals surface area contributed by atoms with Crippen molar-refractivity contribution in [3.8, 4) is 12.3 Å². The van der Waals surface area contributed by atoms with Gasteiger partial charge in [-0.05, 0) is 6.92 Å². The second kappa shape index (κ2) is 7.11. The van der Waals surface area contributed by atoms with Crippen molar-refractivity contribution in [3.05, 3.63) is 0 Å². The highest BCUT2D eigenvalue weighted by molar-refractivity contribution is 5.86. The first-order valence-electron chi connectivity index (χ1n) is 4.85. The van der Waals surface area contributed by atoms with Crippen molar-refractivity contribution in [2.24, 2.45) is 5.73 Å². The summed E-state index contributed by atoms with van der Waals surface area (Å²) in [5.74, 6) is 0.335. The molecular formula is C10H15N3O4. The van der Waals surface area contributed by atoms with Gasteiger partial charge in [-0.15, -0.1) is 12.3 Å². The average Bonchev–Trinajstić information content (AvgIpc) is 2.15. The highest BCUT2D eigenvalue weighted by Crippen LogP contribution is 1.94. The van der Waals surface area contributed by atoms with Crippen molar-refractivity contribution in [1.29, 1.82) is 0 Å². The summed E-state index contributed by atoms with van der Waals surface area (Å²) in [6.45, 7) is 0.611. The first-order valence-corrected chi connectivity index (χ1v) is 4.85. The summed E-state index contributed by atoms with van der Waals surface area (Å²) in [6, 6.07) is -0.995. The highest BCUT2D eigenvalue weighted by atomic mass is 16.4. The fraction of sp³-hybridized carbons (Fsp3) is 0.500. The Balaban J connectivity index is 4.47. The number of nitrogens with zero attached hydrogens (tertiary/aromatic N) is 1. The zero-order valence-corrected chi connectivity index (χ0v) is 9.47. The van der Waals surface area contributed by atoms with E-state index in [1.807, 2.05) is 0 Å². The second-order valence-electron chi connectivity index (χ2n) is 3.47. The summed E-state index contributed by atoms with van der Waals surface area (Å²) in [5, 5.41) is 11.0. The quantitative estimate of drug-likeness (QED) is 0.516. The summed E-state index contributed by atoms with van der Waals surface area (Å²) in [6.07, 6.45) is 5.37. The lowest BCUT2D eigenvalue weighted by molar-refractivity contribution is -0.137. The number of primary amides is 1. The lowest BCUT2D eigenvalue weighted by atomic mass is 10.2. The van der Waals surface area contributed by atoms with Crippen molar-refractivity contribution in [3.63, 3.8) is 0 Å². The summed E-state index contributed by atoms with van der Waals surface area (Å²) in [7, 11) is 0. The van der Waals surface area contributed by atoms with Gasteiger partial charge >= 0.3 is 12.0 Å². The van der Waals surface area contributed by atoms with E-state index >= 15 is 0 Å². The molecule has 7 nitrogen and oxygen atoms in total. The van der Waals surface area contributed by atoms with Gasteiger partial charge < -0.3 is 21.1 Å². The van der Waals surface area contributed by atoms with E-state index in [4.69, 9.17) is 17.3 Å². The first-order chi connectivity index (χ1) is 7.86. The molecule has 4 N–H and O–H groups in total. The fourth-order valence-corrected chi connectivity index (χ4v) is 1.08. The standard InChI is InChI=1S/C10H15N3O4/c1-3-4-7(2)12-10(17)13(5-8(11)14)6-9(15)16/h1,7H,4-6H2,2H3,(H2,11,14)(H,12,17)(H,15,16). The van der Waals surface area contributed by atoms with Gasteiger partial charge in [-0.1, -0.05) is 0 Å². The van der Waals surface area contributed by atoms with Crippen molar-refractivity contribution >= 4 is 17.9 Å². The van der Waals surface area contributed by atoms with E-state index in [1.54, 1.807) is 6.92 Å². The summed E-state index contributed by atoms with van der Waals surface area (Å²) < 4.78 is 0. The van der Waals surface area contributed by atoms with Crippen LogP contribution in [-0.2, 0) is 9.59 Å². The number of carbonyl (C=O) groups excluding carboxylic acids is 2. The predicted octanol–water partition coefficient (Wildman–Crippen LogP) is -1.02. The third-order valence-corrected chi connectivity index (χ3v) is 1.75. The predicted molar refractivity (Wildman–Crippen MR) is 59.8 cm³/mol. The molecule has 0 saturated carbocycles. The van der Waals surface area contributed by atoms with Crippen LogP contribution in [0.15, 0.2) is 0 Å². The number of carbonyl (C=O) groups is 3. The molecule has 0 heterocycles. The number of nitrogens with two attached hydrogens (primary N) is 1. The van der Waals surface area contributed by atoms with Crippen LogP contribution in [-0.4, -0.2) is 47.0 Å². The van der Waals surface area contributed by atoms with Crippen LogP contribution in [0.5, 0.6) is 0 Å². The number of carboxylic acids is 1. The largest absolute Gasteiger partial charge is 0.480 e. The fourth-order valence-electron chi connectivity index (χ4n) is 1.08. The molecule has 1 unspecified atom stereocenters. The molecule has 0 aliphatic carbocycles. The second-order valence-corrected chi connectivity index (χ2v) is 3.47. The monoisotopic (exact) mass is 241 g/mol. The van der Waals surface area contributed by atoms with Crippen LogP contribution in [0.1, 0.15) is 13.3 Å². The Morgan fingerprint density at radius 2 is 2.06 bits per heavy atom. The van der Waals surface area contributed by atoms with Crippen LogP contribution in [0.3, 0.4) is 0 Å². The SMILES string of the molecule is C#CCC(C)NC(=O)N(CC(N)=O)CC(=O)O. The molecule has 0 aromatic heterocycles. The maximum Gasteiger partial charge on any atom is 0.323 e. The first kappa shape index (κ1) is 14.8. The van der Waals surface area contributed by atoms with E-state index in [9.17, 15) is 14.4 Å². The van der Waals surface area contributed by atoms with Gasteiger partial charge in [-0.2, -0.15) is 0 Å². The molecule has 0 fully saturated rings. The number of nitrogens with one attached hydrogen (secondary N) is 1. The third-order valence-electron chi connectivity index (χ3n) is 1.75. The molecule has 7 heteroatoms. The number of carboxylic acid groups (broad SMARTS) is 1. The van der Waals surface area contributed by atoms with Crippen LogP contribution in [0.4, 0.5) is 4.79 Å². The van der Waals surface area contributed by atoms with Gasteiger partial charge in [0.15, 0.2) is 0 Å². The summed E-state index contributed by atoms with van der Waals surface area (Å²) in [4.78, 5) is 33.6. The van der Waals surface area contributed by atoms with E-state index in [-0.39, 0.29) is 6.04 Å². The summed E-state index contributed by atoms with van der Waals surface area (Å²) >= 11 is 0. The van der Waals surface area contributed by atoms with E-state index in [0.29, 0.717) is 6.42 Å². The minimum Gasteiger partial charge on any atom is -0.480 e. The smallest absolute Gasteiger partial charge is 0.323 e. The molecule has 0 aliphatic rings. The molecule has 94 valence electrons. The Morgan fingerprint density at radius 3 is 2.47 bits per heavy atom. The molecule has 0 bridgehead atoms. The van der Waals surface area contributed by atoms with Gasteiger partial charge in [0.05, 0.1) is 0 Å². The topological polar surface area (TPSA) is 113 Å². The third kappa shape index (κ3) is 6.78. The Morgan fingerprint density at radius 1 is 1.47 bits per heavy atom. The highest BCUT2D eigenvalue weighted by Gasteiger charge is 2.19. The molecule has 0 spiro atoms. The van der Waals surface area contributed by atoms with Crippen molar-refractivity contribution < 1.29 is 19.5 Å².